The average molecular weight is 143 g/mol. The first-order chi connectivity index (χ1) is 5.47. The van der Waals surface area contributed by atoms with Gasteiger partial charge in [-0.15, -0.1) is 0 Å². The maximum absolute atomic E-state index is 4.28. The van der Waals surface area contributed by atoms with E-state index in [1.807, 2.05) is 18.3 Å². The van der Waals surface area contributed by atoms with Crippen LogP contribution < -0.4 is 0 Å². The highest BCUT2D eigenvalue weighted by Crippen LogP contribution is 2.11. The van der Waals surface area contributed by atoms with E-state index in [2.05, 4.69) is 29.3 Å². The van der Waals surface area contributed by atoms with E-state index in [1.165, 1.54) is 5.56 Å². The van der Waals surface area contributed by atoms with Crippen LogP contribution in [0.4, 0.5) is 0 Å². The number of nitrogens with zero attached hydrogens (tertiary/aromatic N) is 1. The molecule has 1 aliphatic carbocycles. The Hall–Kier alpha value is -1.37. The van der Waals surface area contributed by atoms with Gasteiger partial charge in [0.25, 0.3) is 0 Å². The number of pyridine rings is 1. The molecule has 0 N–H and O–H groups in total. The molecule has 0 fully saturated rings. The Morgan fingerprint density at radius 2 is 2.27 bits per heavy atom. The first-order valence-electron chi connectivity index (χ1n) is 3.74. The van der Waals surface area contributed by atoms with Crippen LogP contribution in [-0.2, 0) is 6.42 Å². The quantitative estimate of drug-likeness (QED) is 0.542. The van der Waals surface area contributed by atoms with Crippen LogP contribution in [0.15, 0.2) is 36.6 Å². The molecule has 0 bridgehead atoms. The van der Waals surface area contributed by atoms with Crippen molar-refractivity contribution in [2.45, 2.75) is 6.42 Å². The van der Waals surface area contributed by atoms with Gasteiger partial charge in [0.2, 0.25) is 0 Å². The molecule has 0 radical (unpaired) electrons. The summed E-state index contributed by atoms with van der Waals surface area (Å²) in [7, 11) is 0. The van der Waals surface area contributed by atoms with Gasteiger partial charge in [0.05, 0.1) is 5.69 Å². The highest BCUT2D eigenvalue weighted by Gasteiger charge is 1.98. The van der Waals surface area contributed by atoms with Gasteiger partial charge in [-0.25, -0.2) is 0 Å². The summed E-state index contributed by atoms with van der Waals surface area (Å²) in [5.41, 5.74) is 2.40. The van der Waals surface area contributed by atoms with Gasteiger partial charge < -0.3 is 0 Å². The number of aromatic nitrogens is 1. The van der Waals surface area contributed by atoms with Crippen LogP contribution in [0.1, 0.15) is 11.3 Å². The van der Waals surface area contributed by atoms with Crippen molar-refractivity contribution in [2.24, 2.45) is 0 Å². The van der Waals surface area contributed by atoms with Crippen LogP contribution in [0.5, 0.6) is 0 Å². The SMILES string of the molecule is C1=CCc2ncccc2C=C1. The monoisotopic (exact) mass is 143 g/mol. The van der Waals surface area contributed by atoms with Crippen LogP contribution >= 0.6 is 0 Å². The van der Waals surface area contributed by atoms with E-state index in [0.717, 1.165) is 12.1 Å². The molecule has 11 heavy (non-hydrogen) atoms. The topological polar surface area (TPSA) is 12.9 Å². The van der Waals surface area contributed by atoms with Crippen LogP contribution in [0.3, 0.4) is 0 Å². The molecule has 2 rings (SSSR count). The molecular formula is C10H9N. The number of allylic oxidation sites excluding steroid dienone is 3. The van der Waals surface area contributed by atoms with Crippen molar-refractivity contribution in [2.75, 3.05) is 0 Å². The van der Waals surface area contributed by atoms with Crippen LogP contribution in [-0.4, -0.2) is 4.98 Å². The smallest absolute Gasteiger partial charge is 0.0513 e. The predicted molar refractivity (Wildman–Crippen MR) is 46.1 cm³/mol. The lowest BCUT2D eigenvalue weighted by molar-refractivity contribution is 1.10. The molecule has 1 nitrogen and oxygen atoms in total. The summed E-state index contributed by atoms with van der Waals surface area (Å²) in [5.74, 6) is 0. The number of hydrogen-bond donors (Lipinski definition) is 0. The van der Waals surface area contributed by atoms with Crippen molar-refractivity contribution in [1.29, 1.82) is 0 Å². The fourth-order valence-electron chi connectivity index (χ4n) is 1.19. The van der Waals surface area contributed by atoms with Crippen molar-refractivity contribution in [1.82, 2.24) is 4.98 Å². The van der Waals surface area contributed by atoms with E-state index < -0.39 is 0 Å². The standard InChI is InChI=1S/C10H9N/c1-2-5-9-6-4-8-11-10(9)7-3-1/h1-6,8H,7H2. The molecule has 0 aromatic carbocycles. The lowest BCUT2D eigenvalue weighted by Crippen LogP contribution is -1.89. The zero-order valence-electron chi connectivity index (χ0n) is 6.20. The number of rotatable bonds is 0. The molecule has 1 aliphatic rings. The van der Waals surface area contributed by atoms with Crippen molar-refractivity contribution >= 4 is 6.08 Å². The minimum absolute atomic E-state index is 0.948. The Morgan fingerprint density at radius 1 is 1.27 bits per heavy atom. The van der Waals surface area contributed by atoms with Gasteiger partial charge in [0.1, 0.15) is 0 Å². The maximum atomic E-state index is 4.28. The second-order valence-corrected chi connectivity index (χ2v) is 2.53. The first-order valence-corrected chi connectivity index (χ1v) is 3.74. The summed E-state index contributed by atoms with van der Waals surface area (Å²) in [6.45, 7) is 0. The molecule has 0 saturated carbocycles. The lowest BCUT2D eigenvalue weighted by atomic mass is 10.1. The summed E-state index contributed by atoms with van der Waals surface area (Å²) in [6.07, 6.45) is 11.1. The minimum atomic E-state index is 0.948. The van der Waals surface area contributed by atoms with E-state index in [-0.39, 0.29) is 0 Å². The third kappa shape index (κ3) is 1.22. The predicted octanol–water partition coefficient (Wildman–Crippen LogP) is 2.21. The van der Waals surface area contributed by atoms with Gasteiger partial charge in [-0.3, -0.25) is 4.98 Å². The largest absolute Gasteiger partial charge is 0.260 e. The van der Waals surface area contributed by atoms with Gasteiger partial charge in [-0.1, -0.05) is 30.4 Å². The summed E-state index contributed by atoms with van der Waals surface area (Å²) in [5, 5.41) is 0. The molecule has 0 atom stereocenters. The van der Waals surface area contributed by atoms with E-state index in [0.29, 0.717) is 0 Å². The minimum Gasteiger partial charge on any atom is -0.260 e. The molecule has 54 valence electrons. The Balaban J connectivity index is 2.52. The molecule has 0 aliphatic heterocycles. The highest BCUT2D eigenvalue weighted by molar-refractivity contribution is 5.55. The van der Waals surface area contributed by atoms with Crippen molar-refractivity contribution in [3.8, 4) is 0 Å². The third-order valence-electron chi connectivity index (χ3n) is 1.76. The van der Waals surface area contributed by atoms with Gasteiger partial charge >= 0.3 is 0 Å². The summed E-state index contributed by atoms with van der Waals surface area (Å²) in [6, 6.07) is 4.06. The zero-order valence-corrected chi connectivity index (χ0v) is 6.20. The van der Waals surface area contributed by atoms with Gasteiger partial charge in [-0.2, -0.15) is 0 Å². The maximum Gasteiger partial charge on any atom is 0.0513 e. The molecule has 0 unspecified atom stereocenters. The summed E-state index contributed by atoms with van der Waals surface area (Å²) >= 11 is 0. The van der Waals surface area contributed by atoms with E-state index in [1.54, 1.807) is 0 Å². The third-order valence-corrected chi connectivity index (χ3v) is 1.76. The highest BCUT2D eigenvalue weighted by atomic mass is 14.7. The first kappa shape index (κ1) is 6.35. The zero-order chi connectivity index (χ0) is 7.52. The van der Waals surface area contributed by atoms with Crippen LogP contribution in [0.25, 0.3) is 6.08 Å². The molecule has 1 aromatic rings. The molecular weight excluding hydrogens is 134 g/mol. The Labute approximate surface area is 66.1 Å². The summed E-state index contributed by atoms with van der Waals surface area (Å²) in [4.78, 5) is 4.28. The van der Waals surface area contributed by atoms with Crippen LogP contribution in [0.2, 0.25) is 0 Å². The second kappa shape index (κ2) is 2.70. The molecule has 1 aromatic heterocycles. The average Bonchev–Trinajstić information content (AvgIpc) is 2.28. The Morgan fingerprint density at radius 3 is 3.27 bits per heavy atom. The van der Waals surface area contributed by atoms with Crippen molar-refractivity contribution in [3.05, 3.63) is 47.8 Å². The Kier molecular flexibility index (Phi) is 1.56. The molecule has 1 heteroatoms. The van der Waals surface area contributed by atoms with E-state index in [4.69, 9.17) is 0 Å². The Bertz CT molecular complexity index is 310. The van der Waals surface area contributed by atoms with E-state index in [9.17, 15) is 0 Å². The summed E-state index contributed by atoms with van der Waals surface area (Å²) < 4.78 is 0. The van der Waals surface area contributed by atoms with Crippen LogP contribution in [0, 0.1) is 0 Å². The van der Waals surface area contributed by atoms with E-state index >= 15 is 0 Å². The van der Waals surface area contributed by atoms with Crippen molar-refractivity contribution in [3.63, 3.8) is 0 Å². The molecule has 0 spiro atoms. The second-order valence-electron chi connectivity index (χ2n) is 2.53. The lowest BCUT2D eigenvalue weighted by Gasteiger charge is -1.98. The fraction of sp³-hybridized carbons (Fsp3) is 0.100. The molecule has 0 amide bonds. The van der Waals surface area contributed by atoms with Gasteiger partial charge in [0, 0.05) is 12.6 Å². The normalized spacial score (nSPS) is 14.2. The number of hydrogen-bond acceptors (Lipinski definition) is 1. The fourth-order valence-corrected chi connectivity index (χ4v) is 1.19. The van der Waals surface area contributed by atoms with Crippen molar-refractivity contribution < 1.29 is 0 Å². The van der Waals surface area contributed by atoms with Gasteiger partial charge in [-0.05, 0) is 11.6 Å². The molecule has 0 saturated heterocycles. The van der Waals surface area contributed by atoms with Gasteiger partial charge in [0.15, 0.2) is 0 Å². The molecule has 1 heterocycles. The number of fused-ring (bicyclic) bond motifs is 1.